The van der Waals surface area contributed by atoms with E-state index in [-0.39, 0.29) is 11.1 Å². The Morgan fingerprint density at radius 3 is 2.07 bits per heavy atom. The molecule has 2 aromatic carbocycles. The number of alkyl halides is 6. The van der Waals surface area contributed by atoms with Gasteiger partial charge in [-0.3, -0.25) is 0 Å². The number of halogens is 6. The number of rotatable bonds is 5. The number of benzene rings is 2. The smallest absolute Gasteiger partial charge is 0.196 e. The summed E-state index contributed by atoms with van der Waals surface area (Å²) >= 11 is 0. The molecule has 30 heavy (non-hydrogen) atoms. The minimum Gasteiger partial charge on any atom is -0.196 e. The summed E-state index contributed by atoms with van der Waals surface area (Å²) in [6.07, 6.45) is 2.49. The Morgan fingerprint density at radius 1 is 0.933 bits per heavy atom. The highest BCUT2D eigenvalue weighted by molar-refractivity contribution is 8.41. The summed E-state index contributed by atoms with van der Waals surface area (Å²) in [7, 11) is -11.6. The first kappa shape index (κ1) is 22.7. The van der Waals surface area contributed by atoms with Gasteiger partial charge in [-0.1, -0.05) is 55.8 Å². The third-order valence-corrected chi connectivity index (χ3v) is 9.12. The maximum absolute atomic E-state index is 14.4. The fraction of sp³-hybridized carbons (Fsp3) is 0.263. The first-order valence-electron chi connectivity index (χ1n) is 8.65. The Labute approximate surface area is 171 Å². The molecule has 0 bridgehead atoms. The Kier molecular flexibility index (Phi) is 5.76. The minimum absolute atomic E-state index is 0.0464. The van der Waals surface area contributed by atoms with Crippen LogP contribution in [0.4, 0.5) is 26.3 Å². The number of fused-ring (bicyclic) bond motifs is 1. The van der Waals surface area contributed by atoms with E-state index in [1.807, 2.05) is 6.92 Å². The van der Waals surface area contributed by atoms with E-state index in [4.69, 9.17) is 0 Å². The topological polar surface area (TPSA) is 43.4 Å². The van der Waals surface area contributed by atoms with Gasteiger partial charge >= 0.3 is 21.1 Å². The van der Waals surface area contributed by atoms with Gasteiger partial charge in [-0.15, -0.1) is 0 Å². The Balaban J connectivity index is 2.27. The lowest BCUT2D eigenvalue weighted by Gasteiger charge is -2.39. The molecule has 2 aromatic rings. The van der Waals surface area contributed by atoms with Gasteiger partial charge < -0.3 is 0 Å². The van der Waals surface area contributed by atoms with Crippen molar-refractivity contribution in [1.82, 2.24) is 0 Å². The Morgan fingerprint density at radius 2 is 1.53 bits per heavy atom. The van der Waals surface area contributed by atoms with E-state index in [1.54, 1.807) is 12.1 Å². The summed E-state index contributed by atoms with van der Waals surface area (Å²) in [5.41, 5.74) is -10.7. The summed E-state index contributed by atoms with van der Waals surface area (Å²) in [6.45, 7) is 1.92. The molecule has 0 aromatic heterocycles. The first-order chi connectivity index (χ1) is 13.8. The molecule has 0 saturated heterocycles. The van der Waals surface area contributed by atoms with Crippen molar-refractivity contribution < 1.29 is 38.4 Å². The van der Waals surface area contributed by atoms with Gasteiger partial charge in [0.25, 0.3) is 0 Å². The molecule has 11 heteroatoms. The van der Waals surface area contributed by atoms with Crippen molar-refractivity contribution in [2.45, 2.75) is 35.7 Å². The van der Waals surface area contributed by atoms with Crippen molar-refractivity contribution in [3.05, 3.63) is 65.2 Å². The van der Waals surface area contributed by atoms with Crippen LogP contribution in [0.5, 0.6) is 0 Å². The maximum Gasteiger partial charge on any atom is 0.523 e. The quantitative estimate of drug-likeness (QED) is 0.365. The summed E-state index contributed by atoms with van der Waals surface area (Å²) in [5, 5.41) is 0. The van der Waals surface area contributed by atoms with Crippen LogP contribution in [0.1, 0.15) is 30.0 Å². The molecular formula is C19H16F6O3S2. The molecule has 0 saturated carbocycles. The third kappa shape index (κ3) is 3.74. The van der Waals surface area contributed by atoms with E-state index < -0.39 is 41.2 Å². The van der Waals surface area contributed by atoms with Crippen molar-refractivity contribution in [3.8, 4) is 0 Å². The van der Waals surface area contributed by atoms with Gasteiger partial charge in [-0.05, 0) is 35.3 Å². The zero-order chi connectivity index (χ0) is 22.4. The molecule has 164 valence electrons. The molecule has 0 aliphatic carbocycles. The Hall–Kier alpha value is -1.98. The van der Waals surface area contributed by atoms with Gasteiger partial charge in [0, 0.05) is 20.1 Å². The molecular weight excluding hydrogens is 454 g/mol. The summed E-state index contributed by atoms with van der Waals surface area (Å²) < 4.78 is 110. The highest BCUT2D eigenvalue weighted by Crippen LogP contribution is 2.80. The van der Waals surface area contributed by atoms with Gasteiger partial charge in [0.2, 0.25) is 0 Å². The van der Waals surface area contributed by atoms with E-state index in [0.29, 0.717) is 6.42 Å². The molecule has 3 nitrogen and oxygen atoms in total. The maximum atomic E-state index is 14.4. The van der Waals surface area contributed by atoms with Crippen molar-refractivity contribution in [2.75, 3.05) is 0 Å². The molecule has 1 aliphatic heterocycles. The minimum atomic E-state index is -6.55. The normalized spacial score (nSPS) is 21.6. The lowest BCUT2D eigenvalue weighted by molar-refractivity contribution is -0.0543. The molecule has 0 fully saturated rings. The lowest BCUT2D eigenvalue weighted by Crippen LogP contribution is -2.32. The average molecular weight is 470 g/mol. The van der Waals surface area contributed by atoms with Gasteiger partial charge in [0.15, 0.2) is 0 Å². The SMILES string of the molecule is CCCc1ccc(C2=Cc3ccccc3S2(OS(=O)(=O)C(F)(F)F)C(F)(F)F)cc1. The molecule has 0 amide bonds. The van der Waals surface area contributed by atoms with Gasteiger partial charge in [-0.2, -0.15) is 38.4 Å². The molecule has 1 aliphatic rings. The molecule has 1 heterocycles. The first-order valence-corrected chi connectivity index (χ1v) is 11.6. The Bertz CT molecular complexity index is 1070. The van der Waals surface area contributed by atoms with Crippen LogP contribution in [0, 0.1) is 0 Å². The van der Waals surface area contributed by atoms with Crippen LogP contribution in [0.2, 0.25) is 0 Å². The van der Waals surface area contributed by atoms with Crippen molar-refractivity contribution in [3.63, 3.8) is 0 Å². The summed E-state index contributed by atoms with van der Waals surface area (Å²) in [5.74, 6) is 0. The third-order valence-electron chi connectivity index (χ3n) is 4.40. The van der Waals surface area contributed by atoms with Crippen LogP contribution >= 0.6 is 10.3 Å². The summed E-state index contributed by atoms with van der Waals surface area (Å²) in [6, 6.07) is 10.6. The standard InChI is InChI=1S/C19H16F6O3S2/c1-2-5-13-8-10-14(11-9-13)17-12-15-6-3-4-7-16(15)29(17,18(20,21)22)28-30(26,27)19(23,24)25/h3-4,6-12H,2,5H2,1H3. The molecule has 0 spiro atoms. The predicted molar refractivity (Wildman–Crippen MR) is 103 cm³/mol. The van der Waals surface area contributed by atoms with Crippen LogP contribution in [0.15, 0.2) is 53.4 Å². The largest absolute Gasteiger partial charge is 0.523 e. The second-order valence-corrected chi connectivity index (χ2v) is 10.8. The van der Waals surface area contributed by atoms with E-state index in [1.165, 1.54) is 30.3 Å². The number of hydrogen-bond donors (Lipinski definition) is 0. The second kappa shape index (κ2) is 7.61. The van der Waals surface area contributed by atoms with E-state index in [2.05, 4.69) is 3.63 Å². The van der Waals surface area contributed by atoms with E-state index in [0.717, 1.165) is 24.1 Å². The molecule has 1 unspecified atom stereocenters. The molecule has 3 rings (SSSR count). The number of hydrogen-bond acceptors (Lipinski definition) is 3. The van der Waals surface area contributed by atoms with Crippen molar-refractivity contribution in [2.24, 2.45) is 0 Å². The van der Waals surface area contributed by atoms with Crippen LogP contribution in [-0.2, 0) is 20.2 Å². The zero-order valence-electron chi connectivity index (χ0n) is 15.4. The monoisotopic (exact) mass is 470 g/mol. The van der Waals surface area contributed by atoms with Gasteiger partial charge in [0.1, 0.15) is 0 Å². The zero-order valence-corrected chi connectivity index (χ0v) is 17.1. The van der Waals surface area contributed by atoms with Crippen LogP contribution in [-0.4, -0.2) is 19.4 Å². The van der Waals surface area contributed by atoms with Crippen molar-refractivity contribution >= 4 is 31.4 Å². The average Bonchev–Trinajstić information content (AvgIpc) is 2.97. The predicted octanol–water partition coefficient (Wildman–Crippen LogP) is 6.62. The van der Waals surface area contributed by atoms with Crippen LogP contribution in [0.25, 0.3) is 11.0 Å². The van der Waals surface area contributed by atoms with E-state index in [9.17, 15) is 34.8 Å². The highest BCUT2D eigenvalue weighted by atomic mass is 32.3. The lowest BCUT2D eigenvalue weighted by atomic mass is 10.1. The summed E-state index contributed by atoms with van der Waals surface area (Å²) in [4.78, 5) is -1.29. The van der Waals surface area contributed by atoms with E-state index >= 15 is 0 Å². The fourth-order valence-corrected chi connectivity index (χ4v) is 7.62. The van der Waals surface area contributed by atoms with Crippen LogP contribution < -0.4 is 0 Å². The van der Waals surface area contributed by atoms with Crippen LogP contribution in [0.3, 0.4) is 0 Å². The van der Waals surface area contributed by atoms with Gasteiger partial charge in [0.05, 0.1) is 0 Å². The molecule has 0 N–H and O–H groups in total. The fourth-order valence-electron chi connectivity index (χ4n) is 3.11. The highest BCUT2D eigenvalue weighted by Gasteiger charge is 2.64. The second-order valence-electron chi connectivity index (χ2n) is 6.46. The molecule has 0 radical (unpaired) electrons. The van der Waals surface area contributed by atoms with Gasteiger partial charge in [-0.25, -0.2) is 0 Å². The van der Waals surface area contributed by atoms with Crippen molar-refractivity contribution in [1.29, 1.82) is 0 Å². The number of aryl methyl sites for hydroxylation is 1. The molecule has 1 atom stereocenters.